The summed E-state index contributed by atoms with van der Waals surface area (Å²) in [6, 6.07) is 8.30. The lowest BCUT2D eigenvalue weighted by Crippen LogP contribution is -2.44. The summed E-state index contributed by atoms with van der Waals surface area (Å²) in [5, 5.41) is 8.65. The lowest BCUT2D eigenvalue weighted by molar-refractivity contribution is 0.0910. The number of fused-ring (bicyclic) bond motifs is 3. The first-order valence-corrected chi connectivity index (χ1v) is 7.72. The number of likely N-dealkylation sites (tertiary alicyclic amines) is 1. The van der Waals surface area contributed by atoms with Crippen molar-refractivity contribution in [1.82, 2.24) is 4.90 Å². The minimum Gasteiger partial charge on any atom is -0.496 e. The van der Waals surface area contributed by atoms with Gasteiger partial charge in [-0.3, -0.25) is 0 Å². The molecule has 4 heteroatoms. The second-order valence-corrected chi connectivity index (χ2v) is 5.90. The van der Waals surface area contributed by atoms with Crippen molar-refractivity contribution in [3.63, 3.8) is 0 Å². The van der Waals surface area contributed by atoms with E-state index in [2.05, 4.69) is 11.0 Å². The van der Waals surface area contributed by atoms with Crippen LogP contribution in [0.15, 0.2) is 18.2 Å². The van der Waals surface area contributed by atoms with E-state index >= 15 is 0 Å². The van der Waals surface area contributed by atoms with Gasteiger partial charge in [-0.25, -0.2) is 0 Å². The SMILES string of the molecule is COc1cccc2c1[C@H]1CCN(CCCC#N)C[C@@H]1CO2. The van der Waals surface area contributed by atoms with Gasteiger partial charge in [0.05, 0.1) is 19.8 Å². The molecule has 1 aromatic carbocycles. The Morgan fingerprint density at radius 1 is 1.48 bits per heavy atom. The van der Waals surface area contributed by atoms with E-state index in [4.69, 9.17) is 14.7 Å². The Morgan fingerprint density at radius 2 is 2.38 bits per heavy atom. The Labute approximate surface area is 126 Å². The van der Waals surface area contributed by atoms with E-state index in [9.17, 15) is 0 Å². The molecular weight excluding hydrogens is 264 g/mol. The zero-order valence-corrected chi connectivity index (χ0v) is 12.5. The molecule has 2 aliphatic rings. The van der Waals surface area contributed by atoms with Crippen molar-refractivity contribution in [3.05, 3.63) is 23.8 Å². The predicted molar refractivity (Wildman–Crippen MR) is 80.6 cm³/mol. The van der Waals surface area contributed by atoms with Gasteiger partial charge in [0, 0.05) is 24.4 Å². The summed E-state index contributed by atoms with van der Waals surface area (Å²) in [7, 11) is 1.73. The van der Waals surface area contributed by atoms with Crippen LogP contribution < -0.4 is 9.47 Å². The van der Waals surface area contributed by atoms with Crippen molar-refractivity contribution in [2.75, 3.05) is 33.4 Å². The summed E-state index contributed by atoms with van der Waals surface area (Å²) in [6.45, 7) is 3.98. The van der Waals surface area contributed by atoms with E-state index in [1.807, 2.05) is 18.2 Å². The molecule has 1 saturated heterocycles. The third kappa shape index (κ3) is 2.84. The summed E-state index contributed by atoms with van der Waals surface area (Å²) in [5.41, 5.74) is 1.26. The topological polar surface area (TPSA) is 45.5 Å². The molecule has 0 radical (unpaired) electrons. The third-order valence-corrected chi connectivity index (χ3v) is 4.65. The van der Waals surface area contributed by atoms with E-state index in [1.54, 1.807) is 7.11 Å². The van der Waals surface area contributed by atoms with Crippen LogP contribution >= 0.6 is 0 Å². The highest BCUT2D eigenvalue weighted by atomic mass is 16.5. The Balaban J connectivity index is 1.72. The molecule has 2 aliphatic heterocycles. The van der Waals surface area contributed by atoms with Crippen LogP contribution in [0.3, 0.4) is 0 Å². The Kier molecular flexibility index (Phi) is 4.31. The first-order chi connectivity index (χ1) is 10.3. The lowest BCUT2D eigenvalue weighted by atomic mass is 9.78. The molecule has 0 saturated carbocycles. The fraction of sp³-hybridized carbons (Fsp3) is 0.588. The molecule has 4 nitrogen and oxygen atoms in total. The number of piperidine rings is 1. The lowest BCUT2D eigenvalue weighted by Gasteiger charge is -2.42. The van der Waals surface area contributed by atoms with Gasteiger partial charge in [-0.1, -0.05) is 6.07 Å². The van der Waals surface area contributed by atoms with Gasteiger partial charge in [-0.2, -0.15) is 5.26 Å². The number of methoxy groups -OCH3 is 1. The maximum atomic E-state index is 8.65. The smallest absolute Gasteiger partial charge is 0.126 e. The molecule has 2 heterocycles. The van der Waals surface area contributed by atoms with Crippen molar-refractivity contribution in [2.24, 2.45) is 5.92 Å². The van der Waals surface area contributed by atoms with Crippen molar-refractivity contribution >= 4 is 0 Å². The molecule has 1 aromatic rings. The molecule has 21 heavy (non-hydrogen) atoms. The number of unbranched alkanes of at least 4 members (excludes halogenated alkanes) is 1. The van der Waals surface area contributed by atoms with Gasteiger partial charge in [0.15, 0.2) is 0 Å². The summed E-state index contributed by atoms with van der Waals surface area (Å²) in [4.78, 5) is 2.47. The second-order valence-electron chi connectivity index (χ2n) is 5.90. The maximum Gasteiger partial charge on any atom is 0.126 e. The number of nitrogens with zero attached hydrogens (tertiary/aromatic N) is 2. The van der Waals surface area contributed by atoms with Crippen molar-refractivity contribution in [2.45, 2.75) is 25.2 Å². The normalized spacial score (nSPS) is 24.4. The Hall–Kier alpha value is -1.73. The second kappa shape index (κ2) is 6.36. The standard InChI is InChI=1S/C17H22N2O2/c1-20-15-5-4-6-16-17(15)14-7-10-19(9-3-2-8-18)11-13(14)12-21-16/h4-6,13-14H,2-3,7,9-12H2,1H3/t13-,14+/m1/s1. The first kappa shape index (κ1) is 14.2. The molecule has 2 atom stereocenters. The fourth-order valence-electron chi connectivity index (χ4n) is 3.63. The van der Waals surface area contributed by atoms with Gasteiger partial charge in [0.1, 0.15) is 11.5 Å². The molecule has 0 unspecified atom stereocenters. The minimum atomic E-state index is 0.532. The quantitative estimate of drug-likeness (QED) is 0.798. The summed E-state index contributed by atoms with van der Waals surface area (Å²) < 4.78 is 11.5. The molecule has 0 aromatic heterocycles. The Bertz CT molecular complexity index is 524. The fourth-order valence-corrected chi connectivity index (χ4v) is 3.63. The maximum absolute atomic E-state index is 8.65. The number of nitriles is 1. The van der Waals surface area contributed by atoms with Gasteiger partial charge < -0.3 is 14.4 Å². The van der Waals surface area contributed by atoms with Crippen LogP contribution in [0.4, 0.5) is 0 Å². The van der Waals surface area contributed by atoms with Gasteiger partial charge in [0.25, 0.3) is 0 Å². The van der Waals surface area contributed by atoms with Crippen LogP contribution in [0.1, 0.15) is 30.7 Å². The van der Waals surface area contributed by atoms with Crippen LogP contribution in [0.25, 0.3) is 0 Å². The van der Waals surface area contributed by atoms with Crippen LogP contribution in [0.5, 0.6) is 11.5 Å². The van der Waals surface area contributed by atoms with Crippen LogP contribution in [0.2, 0.25) is 0 Å². The highest BCUT2D eigenvalue weighted by Gasteiger charge is 2.37. The molecule has 0 aliphatic carbocycles. The molecule has 3 rings (SSSR count). The number of benzene rings is 1. The van der Waals surface area contributed by atoms with E-state index in [0.29, 0.717) is 18.3 Å². The number of ether oxygens (including phenoxy) is 2. The van der Waals surface area contributed by atoms with Gasteiger partial charge >= 0.3 is 0 Å². The van der Waals surface area contributed by atoms with Crippen LogP contribution in [-0.4, -0.2) is 38.3 Å². The van der Waals surface area contributed by atoms with Crippen molar-refractivity contribution in [1.29, 1.82) is 5.26 Å². The van der Waals surface area contributed by atoms with E-state index in [-0.39, 0.29) is 0 Å². The predicted octanol–water partition coefficient (Wildman–Crippen LogP) is 2.80. The zero-order valence-electron chi connectivity index (χ0n) is 12.5. The average Bonchev–Trinajstić information content (AvgIpc) is 2.54. The van der Waals surface area contributed by atoms with E-state index in [0.717, 1.165) is 50.6 Å². The van der Waals surface area contributed by atoms with Crippen molar-refractivity contribution in [3.8, 4) is 17.6 Å². The van der Waals surface area contributed by atoms with Crippen LogP contribution in [-0.2, 0) is 0 Å². The Morgan fingerprint density at radius 3 is 3.19 bits per heavy atom. The molecule has 0 bridgehead atoms. The molecule has 112 valence electrons. The third-order valence-electron chi connectivity index (χ3n) is 4.65. The van der Waals surface area contributed by atoms with Gasteiger partial charge in [0.2, 0.25) is 0 Å². The highest BCUT2D eigenvalue weighted by Crippen LogP contribution is 2.46. The average molecular weight is 286 g/mol. The summed E-state index contributed by atoms with van der Waals surface area (Å²) in [6.07, 6.45) is 2.76. The first-order valence-electron chi connectivity index (χ1n) is 7.72. The highest BCUT2D eigenvalue weighted by molar-refractivity contribution is 5.49. The molecule has 0 amide bonds. The number of hydrogen-bond acceptors (Lipinski definition) is 4. The van der Waals surface area contributed by atoms with Crippen molar-refractivity contribution < 1.29 is 9.47 Å². The van der Waals surface area contributed by atoms with Crippen LogP contribution in [0, 0.1) is 17.2 Å². The molecule has 0 N–H and O–H groups in total. The molecule has 0 spiro atoms. The number of hydrogen-bond donors (Lipinski definition) is 0. The van der Waals surface area contributed by atoms with E-state index in [1.165, 1.54) is 5.56 Å². The molecule has 1 fully saturated rings. The zero-order chi connectivity index (χ0) is 14.7. The monoisotopic (exact) mass is 286 g/mol. The van der Waals surface area contributed by atoms with E-state index < -0.39 is 0 Å². The summed E-state index contributed by atoms with van der Waals surface area (Å²) >= 11 is 0. The van der Waals surface area contributed by atoms with Gasteiger partial charge in [-0.05, 0) is 44.0 Å². The van der Waals surface area contributed by atoms with Gasteiger partial charge in [-0.15, -0.1) is 0 Å². The molecular formula is C17H22N2O2. The minimum absolute atomic E-state index is 0.532. The largest absolute Gasteiger partial charge is 0.496 e. The summed E-state index contributed by atoms with van der Waals surface area (Å²) in [5.74, 6) is 3.02. The number of rotatable bonds is 4.